The lowest BCUT2D eigenvalue weighted by Gasteiger charge is -2.08. The molecule has 1 aromatic heterocycles. The zero-order chi connectivity index (χ0) is 14.4. The van der Waals surface area contributed by atoms with Gasteiger partial charge in [0.2, 0.25) is 0 Å². The fourth-order valence-electron chi connectivity index (χ4n) is 1.92. The molecule has 0 bridgehead atoms. The highest BCUT2D eigenvalue weighted by Gasteiger charge is 2.04. The Balaban J connectivity index is 1.82. The highest BCUT2D eigenvalue weighted by atomic mass is 19.3. The highest BCUT2D eigenvalue weighted by molar-refractivity contribution is 5.27. The van der Waals surface area contributed by atoms with Crippen molar-refractivity contribution in [2.45, 2.75) is 33.2 Å². The van der Waals surface area contributed by atoms with Gasteiger partial charge in [-0.2, -0.15) is 13.9 Å². The zero-order valence-electron chi connectivity index (χ0n) is 11.2. The van der Waals surface area contributed by atoms with Crippen molar-refractivity contribution in [2.24, 2.45) is 0 Å². The smallest absolute Gasteiger partial charge is 0.387 e. The van der Waals surface area contributed by atoms with Crippen molar-refractivity contribution in [3.05, 3.63) is 47.8 Å². The first-order valence-corrected chi connectivity index (χ1v) is 6.44. The lowest BCUT2D eigenvalue weighted by Crippen LogP contribution is -2.16. The van der Waals surface area contributed by atoms with Crippen molar-refractivity contribution in [2.75, 3.05) is 0 Å². The second-order valence-electron chi connectivity index (χ2n) is 4.26. The maximum Gasteiger partial charge on any atom is 0.387 e. The third kappa shape index (κ3) is 4.03. The predicted octanol–water partition coefficient (Wildman–Crippen LogP) is 2.79. The number of hydrogen-bond acceptors (Lipinski definition) is 3. The van der Waals surface area contributed by atoms with Gasteiger partial charge in [-0.25, -0.2) is 0 Å². The number of nitrogens with zero attached hydrogens (tertiary/aromatic N) is 2. The van der Waals surface area contributed by atoms with Gasteiger partial charge in [-0.15, -0.1) is 0 Å². The van der Waals surface area contributed by atoms with Crippen LogP contribution in [0.2, 0.25) is 0 Å². The van der Waals surface area contributed by atoms with Crippen LogP contribution in [-0.4, -0.2) is 16.4 Å². The van der Waals surface area contributed by atoms with E-state index in [1.165, 1.54) is 0 Å². The first-order valence-electron chi connectivity index (χ1n) is 6.44. The van der Waals surface area contributed by atoms with Gasteiger partial charge in [0.15, 0.2) is 0 Å². The van der Waals surface area contributed by atoms with Crippen LogP contribution < -0.4 is 10.1 Å². The van der Waals surface area contributed by atoms with Crippen molar-refractivity contribution in [1.29, 1.82) is 0 Å². The summed E-state index contributed by atoms with van der Waals surface area (Å²) in [5.74, 6) is 0.174. The van der Waals surface area contributed by atoms with Crippen LogP contribution in [-0.2, 0) is 19.6 Å². The van der Waals surface area contributed by atoms with Crippen molar-refractivity contribution < 1.29 is 13.5 Å². The maximum atomic E-state index is 12.0. The van der Waals surface area contributed by atoms with E-state index in [0.717, 1.165) is 17.8 Å². The Morgan fingerprint density at radius 3 is 2.60 bits per heavy atom. The van der Waals surface area contributed by atoms with Gasteiger partial charge in [0, 0.05) is 25.8 Å². The Morgan fingerprint density at radius 2 is 1.95 bits per heavy atom. The fraction of sp³-hybridized carbons (Fsp3) is 0.357. The van der Waals surface area contributed by atoms with Gasteiger partial charge in [-0.3, -0.25) is 4.68 Å². The second kappa shape index (κ2) is 7.00. The van der Waals surface area contributed by atoms with E-state index in [4.69, 9.17) is 0 Å². The van der Waals surface area contributed by atoms with Crippen LogP contribution in [0, 0.1) is 0 Å². The number of aromatic nitrogens is 2. The Kier molecular flexibility index (Phi) is 5.06. The number of ether oxygens (including phenoxy) is 1. The third-order valence-electron chi connectivity index (χ3n) is 2.89. The molecule has 0 saturated carbocycles. The molecule has 0 spiro atoms. The van der Waals surface area contributed by atoms with Crippen molar-refractivity contribution in [1.82, 2.24) is 15.1 Å². The zero-order valence-corrected chi connectivity index (χ0v) is 11.2. The van der Waals surface area contributed by atoms with Crippen molar-refractivity contribution in [3.8, 4) is 5.75 Å². The molecule has 4 nitrogen and oxygen atoms in total. The van der Waals surface area contributed by atoms with Gasteiger partial charge >= 0.3 is 6.61 Å². The minimum Gasteiger partial charge on any atom is -0.435 e. The van der Waals surface area contributed by atoms with Gasteiger partial charge in [0.1, 0.15) is 5.75 Å². The molecule has 1 aromatic carbocycles. The lowest BCUT2D eigenvalue weighted by molar-refractivity contribution is -0.0498. The minimum atomic E-state index is -2.78. The van der Waals surface area contributed by atoms with Crippen molar-refractivity contribution >= 4 is 0 Å². The molecule has 0 atom stereocenters. The molecule has 0 aliphatic carbocycles. The summed E-state index contributed by atoms with van der Waals surface area (Å²) in [5.41, 5.74) is 2.12. The Bertz CT molecular complexity index is 525. The van der Waals surface area contributed by atoms with Gasteiger partial charge in [-0.1, -0.05) is 12.1 Å². The summed E-state index contributed by atoms with van der Waals surface area (Å²) < 4.78 is 30.2. The van der Waals surface area contributed by atoms with E-state index in [2.05, 4.69) is 15.2 Å². The Morgan fingerprint density at radius 1 is 1.20 bits per heavy atom. The molecule has 0 aliphatic rings. The number of halogens is 2. The molecule has 0 saturated heterocycles. The van der Waals surface area contributed by atoms with E-state index in [0.29, 0.717) is 13.1 Å². The number of hydrogen-bond donors (Lipinski definition) is 1. The summed E-state index contributed by atoms with van der Waals surface area (Å²) in [5, 5.41) is 7.48. The summed E-state index contributed by atoms with van der Waals surface area (Å²) in [6.07, 6.45) is 1.77. The molecular formula is C14H17F2N3O. The van der Waals surface area contributed by atoms with Crippen molar-refractivity contribution in [3.63, 3.8) is 0 Å². The Labute approximate surface area is 116 Å². The molecule has 0 unspecified atom stereocenters. The summed E-state index contributed by atoms with van der Waals surface area (Å²) in [6.45, 7) is 1.46. The molecular weight excluding hydrogens is 264 g/mol. The Hall–Kier alpha value is -1.95. The summed E-state index contributed by atoms with van der Waals surface area (Å²) in [4.78, 5) is 0. The van der Waals surface area contributed by atoms with Crippen LogP contribution in [0.5, 0.6) is 5.75 Å². The van der Waals surface area contributed by atoms with Gasteiger partial charge in [0.05, 0.1) is 5.69 Å². The number of aryl methyl sites for hydroxylation is 1. The third-order valence-corrected chi connectivity index (χ3v) is 2.89. The molecule has 0 aliphatic heterocycles. The molecule has 0 fully saturated rings. The predicted molar refractivity (Wildman–Crippen MR) is 71.5 cm³/mol. The van der Waals surface area contributed by atoms with Crippen LogP contribution in [0.15, 0.2) is 36.5 Å². The molecule has 2 rings (SSSR count). The number of nitrogens with one attached hydrogen (secondary N) is 1. The summed E-state index contributed by atoms with van der Waals surface area (Å²) in [7, 11) is 0. The number of benzene rings is 1. The fourth-order valence-corrected chi connectivity index (χ4v) is 1.92. The SMILES string of the molecule is CCn1nccc1CNCc1ccc(OC(F)F)cc1. The first kappa shape index (κ1) is 14.5. The van der Waals surface area contributed by atoms with E-state index in [-0.39, 0.29) is 5.75 Å². The summed E-state index contributed by atoms with van der Waals surface area (Å²) >= 11 is 0. The standard InChI is InChI=1S/C14H17F2N3O/c1-2-19-12(7-8-18-19)10-17-9-11-3-5-13(6-4-11)20-14(15)16/h3-8,14,17H,2,9-10H2,1H3. The van der Waals surface area contributed by atoms with E-state index >= 15 is 0 Å². The molecule has 1 heterocycles. The topological polar surface area (TPSA) is 39.1 Å². The molecule has 6 heteroatoms. The van der Waals surface area contributed by atoms with Crippen LogP contribution in [0.4, 0.5) is 8.78 Å². The molecule has 2 aromatic rings. The first-order chi connectivity index (χ1) is 9.69. The van der Waals surface area contributed by atoms with Gasteiger partial charge < -0.3 is 10.1 Å². The molecule has 1 N–H and O–H groups in total. The van der Waals surface area contributed by atoms with E-state index in [1.807, 2.05) is 17.7 Å². The summed E-state index contributed by atoms with van der Waals surface area (Å²) in [6, 6.07) is 8.58. The number of alkyl halides is 2. The average Bonchev–Trinajstić information content (AvgIpc) is 2.87. The minimum absolute atomic E-state index is 0.174. The van der Waals surface area contributed by atoms with Gasteiger partial charge in [0.25, 0.3) is 0 Å². The lowest BCUT2D eigenvalue weighted by atomic mass is 10.2. The maximum absolute atomic E-state index is 12.0. The quantitative estimate of drug-likeness (QED) is 0.848. The van der Waals surface area contributed by atoms with Crippen LogP contribution in [0.3, 0.4) is 0 Å². The van der Waals surface area contributed by atoms with E-state index < -0.39 is 6.61 Å². The van der Waals surface area contributed by atoms with Crippen LogP contribution in [0.25, 0.3) is 0 Å². The molecule has 0 radical (unpaired) electrons. The molecule has 108 valence electrons. The van der Waals surface area contributed by atoms with Crippen LogP contribution >= 0.6 is 0 Å². The van der Waals surface area contributed by atoms with Gasteiger partial charge in [-0.05, 0) is 30.7 Å². The second-order valence-corrected chi connectivity index (χ2v) is 4.26. The number of rotatable bonds is 7. The average molecular weight is 281 g/mol. The highest BCUT2D eigenvalue weighted by Crippen LogP contribution is 2.14. The molecule has 20 heavy (non-hydrogen) atoms. The molecule has 0 amide bonds. The normalized spacial score (nSPS) is 11.0. The monoisotopic (exact) mass is 281 g/mol. The van der Waals surface area contributed by atoms with E-state index in [9.17, 15) is 8.78 Å². The van der Waals surface area contributed by atoms with Crippen LogP contribution in [0.1, 0.15) is 18.2 Å². The van der Waals surface area contributed by atoms with E-state index in [1.54, 1.807) is 30.5 Å². The largest absolute Gasteiger partial charge is 0.435 e.